The molecule has 0 N–H and O–H groups in total. The van der Waals surface area contributed by atoms with E-state index in [9.17, 15) is 13.2 Å². The van der Waals surface area contributed by atoms with Crippen LogP contribution in [-0.4, -0.2) is 67.9 Å². The summed E-state index contributed by atoms with van der Waals surface area (Å²) < 4.78 is 40.2. The topological polar surface area (TPSA) is 79.4 Å². The molecule has 0 bridgehead atoms. The number of hydrogen-bond acceptors (Lipinski definition) is 6. The Balaban J connectivity index is 1.25. The predicted molar refractivity (Wildman–Crippen MR) is 147 cm³/mol. The van der Waals surface area contributed by atoms with Crippen molar-refractivity contribution in [2.24, 2.45) is 0 Å². The highest BCUT2D eigenvalue weighted by atomic mass is 79.9. The summed E-state index contributed by atoms with van der Waals surface area (Å²) in [7, 11) is -3.87. The van der Waals surface area contributed by atoms with Crippen molar-refractivity contribution < 1.29 is 22.7 Å². The van der Waals surface area contributed by atoms with E-state index < -0.39 is 10.0 Å². The average Bonchev–Trinajstić information content (AvgIpc) is 3.38. The van der Waals surface area contributed by atoms with Crippen LogP contribution < -0.4 is 9.47 Å². The zero-order chi connectivity index (χ0) is 26.7. The third kappa shape index (κ3) is 6.20. The number of piperazine rings is 1. The smallest absolute Gasteiger partial charge is 0.243 e. The second-order valence-electron chi connectivity index (χ2n) is 9.56. The molecule has 0 atom stereocenters. The van der Waals surface area contributed by atoms with Crippen molar-refractivity contribution in [1.82, 2.24) is 14.1 Å². The fraction of sp³-hybridized carbons (Fsp3) is 0.321. The van der Waals surface area contributed by atoms with Gasteiger partial charge in [-0.1, -0.05) is 51.8 Å². The largest absolute Gasteiger partial charge is 0.454 e. The van der Waals surface area contributed by atoms with Crippen LogP contribution >= 0.6 is 15.9 Å². The average molecular weight is 601 g/mol. The molecule has 3 aromatic carbocycles. The summed E-state index contributed by atoms with van der Waals surface area (Å²) in [6.45, 7) is 5.29. The Labute approximate surface area is 231 Å². The number of aryl methyl sites for hydroxylation is 1. The Morgan fingerprint density at radius 2 is 1.55 bits per heavy atom. The Kier molecular flexibility index (Phi) is 8.04. The molecule has 2 aliphatic rings. The van der Waals surface area contributed by atoms with Crippen molar-refractivity contribution in [1.29, 1.82) is 0 Å². The summed E-state index contributed by atoms with van der Waals surface area (Å²) in [5.41, 5.74) is 2.90. The molecule has 1 amide bonds. The van der Waals surface area contributed by atoms with E-state index in [1.165, 1.54) is 4.31 Å². The van der Waals surface area contributed by atoms with Crippen molar-refractivity contribution in [2.75, 3.05) is 39.5 Å². The minimum atomic E-state index is -3.87. The number of nitrogens with zero attached hydrogens (tertiary/aromatic N) is 3. The molecule has 0 spiro atoms. The molecular weight excluding hydrogens is 570 g/mol. The molecule has 1 fully saturated rings. The van der Waals surface area contributed by atoms with Gasteiger partial charge in [0.1, 0.15) is 0 Å². The second-order valence-corrected chi connectivity index (χ2v) is 12.4. The number of amides is 1. The maximum absolute atomic E-state index is 13.6. The molecule has 10 heteroatoms. The van der Waals surface area contributed by atoms with Crippen molar-refractivity contribution in [2.45, 2.75) is 24.9 Å². The van der Waals surface area contributed by atoms with Gasteiger partial charge in [0.2, 0.25) is 22.7 Å². The highest BCUT2D eigenvalue weighted by molar-refractivity contribution is 9.10. The van der Waals surface area contributed by atoms with E-state index in [1.54, 1.807) is 29.2 Å². The zero-order valence-electron chi connectivity index (χ0n) is 21.2. The zero-order valence-corrected chi connectivity index (χ0v) is 23.6. The first-order valence-electron chi connectivity index (χ1n) is 12.5. The van der Waals surface area contributed by atoms with E-state index in [0.29, 0.717) is 26.2 Å². The summed E-state index contributed by atoms with van der Waals surface area (Å²) in [5.74, 6) is 1.33. The predicted octanol–water partition coefficient (Wildman–Crippen LogP) is 4.02. The van der Waals surface area contributed by atoms with Gasteiger partial charge in [0.05, 0.1) is 11.4 Å². The van der Waals surface area contributed by atoms with Gasteiger partial charge in [-0.05, 0) is 54.4 Å². The maximum Gasteiger partial charge on any atom is 0.243 e. The fourth-order valence-corrected chi connectivity index (χ4v) is 6.22. The highest BCUT2D eigenvalue weighted by Gasteiger charge is 2.30. The number of rotatable bonds is 8. The van der Waals surface area contributed by atoms with Crippen molar-refractivity contribution in [3.05, 3.63) is 87.9 Å². The Morgan fingerprint density at radius 3 is 2.26 bits per heavy atom. The third-order valence-corrected chi connectivity index (χ3v) is 9.15. The molecule has 0 radical (unpaired) electrons. The van der Waals surface area contributed by atoms with Crippen molar-refractivity contribution in [3.8, 4) is 11.5 Å². The Morgan fingerprint density at radius 1 is 0.895 bits per heavy atom. The van der Waals surface area contributed by atoms with Gasteiger partial charge in [0, 0.05) is 43.7 Å². The standard InChI is InChI=1S/C28H30BrN3O5S/c1-21-2-9-25(10-3-21)38(34,35)32(18-22-4-7-24(29)8-5-22)19-28(33)31-14-12-30(13-15-31)17-23-6-11-26-27(16-23)37-20-36-26/h2-11,16H,12-15,17-20H2,1H3. The number of halogens is 1. The maximum atomic E-state index is 13.6. The molecule has 0 aromatic heterocycles. The third-order valence-electron chi connectivity index (χ3n) is 6.81. The second kappa shape index (κ2) is 11.4. The first kappa shape index (κ1) is 26.7. The van der Waals surface area contributed by atoms with E-state index in [2.05, 4.69) is 20.8 Å². The van der Waals surface area contributed by atoms with Gasteiger partial charge in [0.15, 0.2) is 11.5 Å². The number of fused-ring (bicyclic) bond motifs is 1. The van der Waals surface area contributed by atoms with E-state index in [0.717, 1.165) is 39.2 Å². The van der Waals surface area contributed by atoms with E-state index >= 15 is 0 Å². The van der Waals surface area contributed by atoms with Gasteiger partial charge in [-0.25, -0.2) is 8.42 Å². The molecule has 5 rings (SSSR count). The van der Waals surface area contributed by atoms with Gasteiger partial charge in [-0.15, -0.1) is 0 Å². The minimum Gasteiger partial charge on any atom is -0.454 e. The lowest BCUT2D eigenvalue weighted by Gasteiger charge is -2.35. The van der Waals surface area contributed by atoms with Gasteiger partial charge < -0.3 is 14.4 Å². The lowest BCUT2D eigenvalue weighted by atomic mass is 10.1. The molecule has 0 saturated carbocycles. The van der Waals surface area contributed by atoms with Gasteiger partial charge in [0.25, 0.3) is 0 Å². The lowest BCUT2D eigenvalue weighted by molar-refractivity contribution is -0.133. The fourth-order valence-electron chi connectivity index (χ4n) is 4.58. The van der Waals surface area contributed by atoms with Crippen LogP contribution in [-0.2, 0) is 27.9 Å². The summed E-state index contributed by atoms with van der Waals surface area (Å²) in [4.78, 5) is 17.6. The van der Waals surface area contributed by atoms with E-state index in [4.69, 9.17) is 9.47 Å². The Hall–Kier alpha value is -2.92. The lowest BCUT2D eigenvalue weighted by Crippen LogP contribution is -2.51. The summed E-state index contributed by atoms with van der Waals surface area (Å²) in [5, 5.41) is 0. The van der Waals surface area contributed by atoms with Crippen molar-refractivity contribution in [3.63, 3.8) is 0 Å². The summed E-state index contributed by atoms with van der Waals surface area (Å²) in [6, 6.07) is 20.1. The van der Waals surface area contributed by atoms with Crippen LogP contribution in [0.1, 0.15) is 16.7 Å². The van der Waals surface area contributed by atoms with Crippen LogP contribution in [0.15, 0.2) is 76.1 Å². The first-order chi connectivity index (χ1) is 18.3. The SMILES string of the molecule is Cc1ccc(S(=O)(=O)N(CC(=O)N2CCN(Cc3ccc4c(c3)OCO4)CC2)Cc2ccc(Br)cc2)cc1. The molecule has 8 nitrogen and oxygen atoms in total. The number of hydrogen-bond donors (Lipinski definition) is 0. The first-order valence-corrected chi connectivity index (χ1v) is 14.7. The number of ether oxygens (including phenoxy) is 2. The number of carbonyl (C=O) groups excluding carboxylic acids is 1. The molecular formula is C28H30BrN3O5S. The van der Waals surface area contributed by atoms with Crippen LogP contribution in [0.4, 0.5) is 0 Å². The molecule has 1 saturated heterocycles. The molecule has 2 heterocycles. The summed E-state index contributed by atoms with van der Waals surface area (Å²) in [6.07, 6.45) is 0. The van der Waals surface area contributed by atoms with Crippen LogP contribution in [0.25, 0.3) is 0 Å². The van der Waals surface area contributed by atoms with Crippen LogP contribution in [0.3, 0.4) is 0 Å². The Bertz CT molecular complexity index is 1390. The molecule has 0 aliphatic carbocycles. The van der Waals surface area contributed by atoms with Gasteiger partial charge in [-0.3, -0.25) is 9.69 Å². The number of sulfonamides is 1. The van der Waals surface area contributed by atoms with E-state index in [1.807, 2.05) is 49.4 Å². The summed E-state index contributed by atoms with van der Waals surface area (Å²) >= 11 is 3.42. The van der Waals surface area contributed by atoms with E-state index in [-0.39, 0.29) is 30.7 Å². The van der Waals surface area contributed by atoms with Gasteiger partial charge in [-0.2, -0.15) is 4.31 Å². The minimum absolute atomic E-state index is 0.110. The van der Waals surface area contributed by atoms with Gasteiger partial charge >= 0.3 is 0 Å². The highest BCUT2D eigenvalue weighted by Crippen LogP contribution is 2.33. The van der Waals surface area contributed by atoms with Crippen LogP contribution in [0.5, 0.6) is 11.5 Å². The molecule has 0 unspecified atom stereocenters. The van der Waals surface area contributed by atoms with Crippen molar-refractivity contribution >= 4 is 31.9 Å². The van der Waals surface area contributed by atoms with Crippen LogP contribution in [0, 0.1) is 6.92 Å². The normalized spacial score (nSPS) is 15.7. The quantitative estimate of drug-likeness (QED) is 0.389. The monoisotopic (exact) mass is 599 g/mol. The molecule has 38 heavy (non-hydrogen) atoms. The molecule has 3 aromatic rings. The molecule has 200 valence electrons. The number of benzene rings is 3. The van der Waals surface area contributed by atoms with Crippen LogP contribution in [0.2, 0.25) is 0 Å². The number of carbonyl (C=O) groups is 1. The molecule has 2 aliphatic heterocycles.